The van der Waals surface area contributed by atoms with Gasteiger partial charge in [-0.05, 0) is 0 Å². The second-order valence-electron chi connectivity index (χ2n) is 0.668. The van der Waals surface area contributed by atoms with Gasteiger partial charge in [-0.2, -0.15) is 12.6 Å². The van der Waals surface area contributed by atoms with Crippen molar-refractivity contribution in [2.75, 3.05) is 11.4 Å². The quantitative estimate of drug-likeness (QED) is 0.264. The Hall–Kier alpha value is 1.26. The molecule has 0 N–H and O–H groups in total. The van der Waals surface area contributed by atoms with Gasteiger partial charge in [0.25, 0.3) is 0 Å². The number of hydrogen-bond donors (Lipinski definition) is 1. The van der Waals surface area contributed by atoms with Crippen molar-refractivity contribution in [1.29, 1.82) is 0 Å². The topological polar surface area (TPSA) is 57.2 Å². The van der Waals surface area contributed by atoms with E-state index >= 15 is 0 Å². The molecule has 0 atom stereocenters. The van der Waals surface area contributed by atoms with Gasteiger partial charge in [-0.25, -0.2) is 8.42 Å². The Kier molecular flexibility index (Phi) is 3.16. The molecule has 3 nitrogen and oxygen atoms in total. The van der Waals surface area contributed by atoms with E-state index in [1.54, 1.807) is 0 Å². The first-order valence-electron chi connectivity index (χ1n) is 3.18. The monoisotopic (exact) mass is 168 g/mol. The molecule has 6 heteroatoms. The summed E-state index contributed by atoms with van der Waals surface area (Å²) in [5.74, 6) is 0. The summed E-state index contributed by atoms with van der Waals surface area (Å²) in [7, 11) is -5.33. The summed E-state index contributed by atoms with van der Waals surface area (Å²) in [6.45, 7) is 0. The van der Waals surface area contributed by atoms with Crippen molar-refractivity contribution in [2.45, 2.75) is 0 Å². The third kappa shape index (κ3) is 10.3. The zero-order valence-corrected chi connectivity index (χ0v) is 7.79. The van der Waals surface area contributed by atoms with Gasteiger partial charge in [0.05, 0.1) is 10.1 Å². The van der Waals surface area contributed by atoms with Crippen LogP contribution in [0.15, 0.2) is 0 Å². The molecule has 0 heterocycles. The van der Waals surface area contributed by atoms with Crippen LogP contribution in [-0.4, -0.2) is 24.4 Å². The van der Waals surface area contributed by atoms with Gasteiger partial charge in [0.1, 0.15) is 0 Å². The molecule has 0 bridgehead atoms. The van der Waals surface area contributed by atoms with Crippen molar-refractivity contribution in [3.8, 4) is 0 Å². The van der Waals surface area contributed by atoms with Crippen LogP contribution < -0.4 is 29.6 Å². The number of hydrogen-bond acceptors (Lipinski definition) is 4. The van der Waals surface area contributed by atoms with Crippen molar-refractivity contribution in [3.63, 3.8) is 0 Å². The van der Waals surface area contributed by atoms with E-state index < -0.39 is 21.5 Å². The second-order valence-corrected chi connectivity index (χ2v) is 2.00. The third-order valence-corrected chi connectivity index (χ3v) is 0.786. The fourth-order valence-electron chi connectivity index (χ4n) is 0.0559. The molecule has 0 aromatic rings. The van der Waals surface area contributed by atoms with Crippen LogP contribution in [0.2, 0.25) is 0 Å². The predicted octanol–water partition coefficient (Wildman–Crippen LogP) is -3.53. The van der Waals surface area contributed by atoms with Crippen LogP contribution >= 0.6 is 12.6 Å². The molecule has 8 heavy (non-hydrogen) atoms. The summed E-state index contributed by atoms with van der Waals surface area (Å²) >= 11 is 3.01. The Morgan fingerprint density at radius 3 is 2.12 bits per heavy atom. The Labute approximate surface area is 81.9 Å². The maximum Gasteiger partial charge on any atom is 1.00 e. The number of rotatable bonds is 2. The van der Waals surface area contributed by atoms with E-state index in [-0.39, 0.29) is 29.6 Å². The SMILES string of the molecule is [2H]C([2H])(S)C([2H])([2H])S(=O)(=O)[O-].[Na+]. The van der Waals surface area contributed by atoms with Crippen LogP contribution in [0.25, 0.3) is 0 Å². The molecule has 0 aliphatic heterocycles. The summed E-state index contributed by atoms with van der Waals surface area (Å²) in [6, 6.07) is 0. The average Bonchev–Trinajstić information content (AvgIpc) is 1.58. The molecule has 0 unspecified atom stereocenters. The van der Waals surface area contributed by atoms with Gasteiger partial charge in [-0.15, -0.1) is 0 Å². The van der Waals surface area contributed by atoms with E-state index in [1.165, 1.54) is 0 Å². The summed E-state index contributed by atoms with van der Waals surface area (Å²) in [6.07, 6.45) is 0. The van der Waals surface area contributed by atoms with Crippen LogP contribution in [0.1, 0.15) is 5.48 Å². The second kappa shape index (κ2) is 5.08. The summed E-state index contributed by atoms with van der Waals surface area (Å²) in [4.78, 5) is 0. The molecule has 0 spiro atoms. The molecule has 0 aromatic heterocycles. The Bertz CT molecular complexity index is 244. The first-order valence-corrected chi connectivity index (χ1v) is 3.03. The fraction of sp³-hybridized carbons (Fsp3) is 1.00. The molecule has 0 radical (unpaired) electrons. The standard InChI is InChI=1S/C2H6O3S2.Na/c3-7(4,5)2-1-6;/h6H,1-2H2,(H,3,4,5);/q;+1/p-1/i1D2,2D2;. The van der Waals surface area contributed by atoms with Crippen molar-refractivity contribution in [3.05, 3.63) is 0 Å². The van der Waals surface area contributed by atoms with E-state index in [2.05, 4.69) is 12.6 Å². The minimum absolute atomic E-state index is 0. The van der Waals surface area contributed by atoms with Gasteiger partial charge in [0.2, 0.25) is 0 Å². The molecule has 0 aliphatic carbocycles. The largest absolute Gasteiger partial charge is 1.00 e. The van der Waals surface area contributed by atoms with Crippen LogP contribution in [0, 0.1) is 0 Å². The van der Waals surface area contributed by atoms with E-state index in [0.717, 1.165) is 0 Å². The first-order chi connectivity index (χ1) is 4.50. The third-order valence-electron chi connectivity index (χ3n) is 0.171. The Morgan fingerprint density at radius 2 is 2.12 bits per heavy atom. The summed E-state index contributed by atoms with van der Waals surface area (Å²) in [5.41, 5.74) is -6.50. The van der Waals surface area contributed by atoms with Gasteiger partial charge in [0.15, 0.2) is 0 Å². The van der Waals surface area contributed by atoms with Gasteiger partial charge in [0, 0.05) is 16.9 Å². The molecule has 0 rings (SSSR count). The molecule has 0 aromatic carbocycles. The maximum atomic E-state index is 10.1. The predicted molar refractivity (Wildman–Crippen MR) is 28.4 cm³/mol. The number of thiol groups is 1. The van der Waals surface area contributed by atoms with Crippen molar-refractivity contribution >= 4 is 22.7 Å². The van der Waals surface area contributed by atoms with E-state index in [4.69, 9.17) is 5.48 Å². The zero-order valence-electron chi connectivity index (χ0n) is 8.08. The minimum Gasteiger partial charge on any atom is -0.748 e. The van der Waals surface area contributed by atoms with Gasteiger partial charge >= 0.3 is 29.6 Å². The molecule has 0 aliphatic rings. The van der Waals surface area contributed by atoms with Crippen molar-refractivity contribution in [1.82, 2.24) is 0 Å². The fourth-order valence-corrected chi connectivity index (χ4v) is 0.503. The summed E-state index contributed by atoms with van der Waals surface area (Å²) in [5, 5.41) is 0. The van der Waals surface area contributed by atoms with E-state index in [1.807, 2.05) is 0 Å². The summed E-state index contributed by atoms with van der Waals surface area (Å²) < 4.78 is 56.5. The molecule has 0 amide bonds. The van der Waals surface area contributed by atoms with Gasteiger partial charge < -0.3 is 4.55 Å². The van der Waals surface area contributed by atoms with Gasteiger partial charge in [-0.3, -0.25) is 0 Å². The smallest absolute Gasteiger partial charge is 0.748 e. The Morgan fingerprint density at radius 1 is 1.75 bits per heavy atom. The van der Waals surface area contributed by atoms with Crippen LogP contribution in [0.3, 0.4) is 0 Å². The van der Waals surface area contributed by atoms with Crippen molar-refractivity contribution in [2.24, 2.45) is 0 Å². The molecule has 0 saturated carbocycles. The normalized spacial score (nSPS) is 21.2. The molecule has 44 valence electrons. The van der Waals surface area contributed by atoms with Crippen LogP contribution in [-0.2, 0) is 10.1 Å². The van der Waals surface area contributed by atoms with E-state index in [0.29, 0.717) is 0 Å². The molecule has 0 fully saturated rings. The van der Waals surface area contributed by atoms with E-state index in [9.17, 15) is 13.0 Å². The molecular formula is C2H5NaO3S2. The Balaban J connectivity index is 0. The van der Waals surface area contributed by atoms with Crippen molar-refractivity contribution < 1.29 is 48.0 Å². The molecule has 0 saturated heterocycles. The zero-order chi connectivity index (χ0) is 9.50. The maximum absolute atomic E-state index is 10.1. The first kappa shape index (κ1) is 4.98. The minimum atomic E-state index is -5.33. The van der Waals surface area contributed by atoms with Crippen LogP contribution in [0.5, 0.6) is 0 Å². The van der Waals surface area contributed by atoms with Gasteiger partial charge in [-0.1, -0.05) is 0 Å². The average molecular weight is 168 g/mol. The molecular weight excluding hydrogens is 159 g/mol. The van der Waals surface area contributed by atoms with Crippen LogP contribution in [0.4, 0.5) is 0 Å².